The first-order valence-electron chi connectivity index (χ1n) is 9.13. The van der Waals surface area contributed by atoms with Crippen LogP contribution >= 0.6 is 11.3 Å². The van der Waals surface area contributed by atoms with Gasteiger partial charge in [-0.1, -0.05) is 0 Å². The van der Waals surface area contributed by atoms with Crippen molar-refractivity contribution in [2.45, 2.75) is 20.8 Å². The largest absolute Gasteiger partial charge is 0.450 e. The van der Waals surface area contributed by atoms with E-state index in [1.807, 2.05) is 18.7 Å². The third-order valence-electron chi connectivity index (χ3n) is 5.63. The van der Waals surface area contributed by atoms with Gasteiger partial charge in [0, 0.05) is 43.4 Å². The smallest absolute Gasteiger partial charge is 0.409 e. The Morgan fingerprint density at radius 3 is 2.41 bits per heavy atom. The van der Waals surface area contributed by atoms with Crippen LogP contribution in [0.15, 0.2) is 0 Å². The highest BCUT2D eigenvalue weighted by atomic mass is 32.1. The molecule has 2 saturated heterocycles. The van der Waals surface area contributed by atoms with E-state index in [2.05, 4.69) is 10.2 Å². The van der Waals surface area contributed by atoms with Gasteiger partial charge in [0.15, 0.2) is 0 Å². The van der Waals surface area contributed by atoms with Crippen LogP contribution in [0.5, 0.6) is 0 Å². The second kappa shape index (κ2) is 6.63. The summed E-state index contributed by atoms with van der Waals surface area (Å²) in [6, 6.07) is 0. The highest BCUT2D eigenvalue weighted by molar-refractivity contribution is 7.21. The fourth-order valence-corrected chi connectivity index (χ4v) is 5.13. The van der Waals surface area contributed by atoms with Crippen LogP contribution in [-0.2, 0) is 4.74 Å². The van der Waals surface area contributed by atoms with Gasteiger partial charge in [-0.25, -0.2) is 4.79 Å². The quantitative estimate of drug-likeness (QED) is 0.843. The second-order valence-corrected chi connectivity index (χ2v) is 8.27. The zero-order chi connectivity index (χ0) is 19.3. The number of nitrogens with two attached hydrogens (primary N) is 1. The summed E-state index contributed by atoms with van der Waals surface area (Å²) in [5.74, 6) is 0.528. The van der Waals surface area contributed by atoms with E-state index in [1.54, 1.807) is 11.8 Å². The Morgan fingerprint density at radius 1 is 1.15 bits per heavy atom. The highest BCUT2D eigenvalue weighted by Gasteiger charge is 2.44. The molecule has 2 amide bonds. The Labute approximate surface area is 161 Å². The summed E-state index contributed by atoms with van der Waals surface area (Å²) >= 11 is 1.31. The molecule has 9 heteroatoms. The van der Waals surface area contributed by atoms with Gasteiger partial charge in [-0.2, -0.15) is 5.10 Å². The lowest BCUT2D eigenvalue weighted by molar-refractivity contribution is 0.0774. The third-order valence-corrected chi connectivity index (χ3v) is 6.71. The maximum absolute atomic E-state index is 13.1. The summed E-state index contributed by atoms with van der Waals surface area (Å²) in [6.07, 6.45) is -0.261. The number of anilines is 1. The SMILES string of the molecule is CCOC(=O)N1CC2CN(C(=O)c3sc4nnc(C)c(C)c4c3N)CC2C1. The predicted octanol–water partition coefficient (Wildman–Crippen LogP) is 2.05. The zero-order valence-corrected chi connectivity index (χ0v) is 16.5. The topological polar surface area (TPSA) is 102 Å². The molecule has 4 heterocycles. The predicted molar refractivity (Wildman–Crippen MR) is 103 cm³/mol. The molecule has 2 unspecified atom stereocenters. The normalized spacial score (nSPS) is 21.7. The summed E-state index contributed by atoms with van der Waals surface area (Å²) in [4.78, 5) is 29.8. The number of hydrogen-bond acceptors (Lipinski definition) is 7. The number of amides is 2. The minimum absolute atomic E-state index is 0.0513. The molecule has 4 rings (SSSR count). The number of fused-ring (bicyclic) bond motifs is 2. The Hall–Kier alpha value is -2.42. The molecule has 8 nitrogen and oxygen atoms in total. The number of nitrogens with zero attached hydrogens (tertiary/aromatic N) is 4. The van der Waals surface area contributed by atoms with Crippen LogP contribution in [0.4, 0.5) is 10.5 Å². The van der Waals surface area contributed by atoms with Gasteiger partial charge in [0.05, 0.1) is 18.0 Å². The number of aromatic nitrogens is 2. The van der Waals surface area contributed by atoms with Crippen LogP contribution in [0.2, 0.25) is 0 Å². The number of carbonyl (C=O) groups is 2. The summed E-state index contributed by atoms with van der Waals surface area (Å²) in [5, 5.41) is 9.17. The molecule has 27 heavy (non-hydrogen) atoms. The van der Waals surface area contributed by atoms with Crippen molar-refractivity contribution in [1.82, 2.24) is 20.0 Å². The third kappa shape index (κ3) is 2.90. The fourth-order valence-electron chi connectivity index (χ4n) is 4.07. The lowest BCUT2D eigenvalue weighted by Gasteiger charge is -2.21. The monoisotopic (exact) mass is 389 g/mol. The number of rotatable bonds is 2. The molecule has 2 atom stereocenters. The molecular weight excluding hydrogens is 366 g/mol. The molecule has 2 aromatic rings. The maximum atomic E-state index is 13.1. The van der Waals surface area contributed by atoms with E-state index in [0.29, 0.717) is 48.2 Å². The van der Waals surface area contributed by atoms with Gasteiger partial charge in [0.1, 0.15) is 9.71 Å². The van der Waals surface area contributed by atoms with Crippen molar-refractivity contribution in [1.29, 1.82) is 0 Å². The van der Waals surface area contributed by atoms with Crippen LogP contribution in [0.3, 0.4) is 0 Å². The Kier molecular flexibility index (Phi) is 4.41. The van der Waals surface area contributed by atoms with Crippen molar-refractivity contribution in [3.63, 3.8) is 0 Å². The summed E-state index contributed by atoms with van der Waals surface area (Å²) < 4.78 is 5.08. The first-order chi connectivity index (χ1) is 12.9. The molecule has 2 aliphatic rings. The molecule has 0 aromatic carbocycles. The lowest BCUT2D eigenvalue weighted by atomic mass is 10.0. The van der Waals surface area contributed by atoms with Crippen molar-refractivity contribution in [2.75, 3.05) is 38.5 Å². The molecular formula is C18H23N5O3S. The first-order valence-corrected chi connectivity index (χ1v) is 9.95. The number of ether oxygens (including phenoxy) is 1. The van der Waals surface area contributed by atoms with Crippen molar-refractivity contribution >= 4 is 39.2 Å². The number of aryl methyl sites for hydroxylation is 2. The van der Waals surface area contributed by atoms with E-state index < -0.39 is 0 Å². The van der Waals surface area contributed by atoms with E-state index in [9.17, 15) is 9.59 Å². The van der Waals surface area contributed by atoms with Crippen molar-refractivity contribution in [3.8, 4) is 0 Å². The summed E-state index contributed by atoms with van der Waals surface area (Å²) in [7, 11) is 0. The fraction of sp³-hybridized carbons (Fsp3) is 0.556. The van der Waals surface area contributed by atoms with Gasteiger partial charge < -0.3 is 20.3 Å². The van der Waals surface area contributed by atoms with Gasteiger partial charge in [-0.3, -0.25) is 4.79 Å². The highest BCUT2D eigenvalue weighted by Crippen LogP contribution is 2.38. The van der Waals surface area contributed by atoms with Crippen molar-refractivity contribution < 1.29 is 14.3 Å². The molecule has 2 aromatic heterocycles. The Bertz CT molecular complexity index is 913. The van der Waals surface area contributed by atoms with Gasteiger partial charge in [-0.05, 0) is 26.3 Å². The standard InChI is InChI=1S/C18H23N5O3S/c1-4-26-18(25)23-7-11-5-22(6-12(11)8-23)17(24)15-14(19)13-9(2)10(3)20-21-16(13)27-15/h11-12H,4-8,19H2,1-3H3. The first kappa shape index (κ1) is 18.0. The van der Waals surface area contributed by atoms with Crippen molar-refractivity contribution in [2.24, 2.45) is 11.8 Å². The van der Waals surface area contributed by atoms with Crippen LogP contribution in [-0.4, -0.2) is 64.8 Å². The summed E-state index contributed by atoms with van der Waals surface area (Å²) in [6.45, 7) is 8.57. The van der Waals surface area contributed by atoms with Gasteiger partial charge in [0.25, 0.3) is 5.91 Å². The second-order valence-electron chi connectivity index (χ2n) is 7.27. The number of nitrogen functional groups attached to an aromatic ring is 1. The zero-order valence-electron chi connectivity index (χ0n) is 15.7. The summed E-state index contributed by atoms with van der Waals surface area (Å²) in [5.41, 5.74) is 8.60. The van der Waals surface area contributed by atoms with E-state index in [-0.39, 0.29) is 23.8 Å². The molecule has 2 fully saturated rings. The molecule has 0 saturated carbocycles. The van der Waals surface area contributed by atoms with Crippen LogP contribution in [0, 0.1) is 25.7 Å². The molecule has 0 aliphatic carbocycles. The molecule has 2 aliphatic heterocycles. The Morgan fingerprint density at radius 2 is 1.78 bits per heavy atom. The van der Waals surface area contributed by atoms with E-state index in [4.69, 9.17) is 10.5 Å². The molecule has 0 radical (unpaired) electrons. The lowest BCUT2D eigenvalue weighted by Crippen LogP contribution is -2.35. The number of likely N-dealkylation sites (tertiary alicyclic amines) is 2. The van der Waals surface area contributed by atoms with Gasteiger partial charge in [0.2, 0.25) is 0 Å². The van der Waals surface area contributed by atoms with Gasteiger partial charge >= 0.3 is 6.09 Å². The van der Waals surface area contributed by atoms with E-state index in [0.717, 1.165) is 16.6 Å². The van der Waals surface area contributed by atoms with Crippen molar-refractivity contribution in [3.05, 3.63) is 16.1 Å². The minimum atomic E-state index is -0.261. The average molecular weight is 389 g/mol. The van der Waals surface area contributed by atoms with Crippen LogP contribution < -0.4 is 5.73 Å². The maximum Gasteiger partial charge on any atom is 0.409 e. The molecule has 0 bridgehead atoms. The van der Waals surface area contributed by atoms with E-state index in [1.165, 1.54) is 11.3 Å². The molecule has 144 valence electrons. The number of thiophene rings is 1. The molecule has 0 spiro atoms. The molecule has 2 N–H and O–H groups in total. The minimum Gasteiger partial charge on any atom is -0.450 e. The number of hydrogen-bond donors (Lipinski definition) is 1. The van der Waals surface area contributed by atoms with Gasteiger partial charge in [-0.15, -0.1) is 16.4 Å². The van der Waals surface area contributed by atoms with Crippen LogP contribution in [0.1, 0.15) is 27.9 Å². The average Bonchev–Trinajstić information content (AvgIpc) is 3.29. The van der Waals surface area contributed by atoms with Crippen LogP contribution in [0.25, 0.3) is 10.2 Å². The van der Waals surface area contributed by atoms with E-state index >= 15 is 0 Å². The number of carbonyl (C=O) groups excluding carboxylic acids is 2. The Balaban J connectivity index is 1.51.